The number of ether oxygens (including phenoxy) is 2. The minimum atomic E-state index is -1.62. The second-order valence-corrected chi connectivity index (χ2v) is 12.5. The number of Topliss-reactive ketones (excluding diaryl/α,β-unsaturated/α-hetero) is 3. The summed E-state index contributed by atoms with van der Waals surface area (Å²) in [5.74, 6) is -0.104. The van der Waals surface area contributed by atoms with Gasteiger partial charge in [-0.2, -0.15) is 0 Å². The molecule has 6 heteroatoms. The van der Waals surface area contributed by atoms with Crippen LogP contribution in [0.3, 0.4) is 0 Å². The zero-order valence-electron chi connectivity index (χ0n) is 25.8. The topological polar surface area (TPSA) is 72.9 Å². The number of fused-ring (bicyclic) bond motifs is 5. The predicted molar refractivity (Wildman–Crippen MR) is 175 cm³/mol. The molecular formula is C39H35NO5. The minimum Gasteiger partial charge on any atom is -0.497 e. The molecule has 0 bridgehead atoms. The van der Waals surface area contributed by atoms with Gasteiger partial charge in [0.2, 0.25) is 0 Å². The maximum atomic E-state index is 15.0. The Morgan fingerprint density at radius 3 is 2.16 bits per heavy atom. The molecule has 1 aliphatic carbocycles. The number of hydrogen-bond donors (Lipinski definition) is 0. The van der Waals surface area contributed by atoms with Crippen LogP contribution >= 0.6 is 0 Å². The number of methoxy groups -OCH3 is 2. The summed E-state index contributed by atoms with van der Waals surface area (Å²) in [5, 5.41) is 0. The molecule has 0 saturated carbocycles. The molecule has 1 spiro atoms. The van der Waals surface area contributed by atoms with Gasteiger partial charge >= 0.3 is 0 Å². The zero-order valence-corrected chi connectivity index (χ0v) is 25.8. The highest BCUT2D eigenvalue weighted by atomic mass is 16.5. The number of para-hydroxylation sites is 1. The SMILES string of the molecule is COc1ccc(OC)c([C@@H]2[C@H](C(=O)c3ccc(CC(C)C)cc3)N3c4ccccc4C=C[C@@H]3C23C(=O)c2ccccc2C3=O)c1. The molecule has 3 atom stereocenters. The highest BCUT2D eigenvalue weighted by Gasteiger charge is 2.72. The van der Waals surface area contributed by atoms with Crippen molar-refractivity contribution in [3.63, 3.8) is 0 Å². The molecule has 1 saturated heterocycles. The Balaban J connectivity index is 1.52. The average Bonchev–Trinajstić information content (AvgIpc) is 3.50. The van der Waals surface area contributed by atoms with E-state index in [-0.39, 0.29) is 17.3 Å². The number of rotatable bonds is 7. The van der Waals surface area contributed by atoms with Crippen LogP contribution in [0.1, 0.15) is 67.5 Å². The fourth-order valence-electron chi connectivity index (χ4n) is 7.79. The normalized spacial score (nSPS) is 20.7. The molecule has 6 nitrogen and oxygen atoms in total. The summed E-state index contributed by atoms with van der Waals surface area (Å²) in [7, 11) is 3.13. The van der Waals surface area contributed by atoms with E-state index in [2.05, 4.69) is 13.8 Å². The summed E-state index contributed by atoms with van der Waals surface area (Å²) >= 11 is 0. The summed E-state index contributed by atoms with van der Waals surface area (Å²) in [5.41, 5.74) is 3.13. The molecule has 0 aromatic heterocycles. The summed E-state index contributed by atoms with van der Waals surface area (Å²) in [4.78, 5) is 46.9. The molecule has 4 aromatic carbocycles. The molecule has 45 heavy (non-hydrogen) atoms. The molecule has 2 heterocycles. The molecule has 1 fully saturated rings. The van der Waals surface area contributed by atoms with Gasteiger partial charge in [0.15, 0.2) is 17.3 Å². The number of carbonyl (C=O) groups is 3. The number of hydrogen-bond acceptors (Lipinski definition) is 6. The van der Waals surface area contributed by atoms with Crippen LogP contribution in [0.15, 0.2) is 97.1 Å². The molecule has 0 radical (unpaired) electrons. The van der Waals surface area contributed by atoms with Crippen LogP contribution in [0.25, 0.3) is 6.08 Å². The molecule has 4 aromatic rings. The molecule has 2 aliphatic heterocycles. The maximum Gasteiger partial charge on any atom is 0.185 e. The smallest absolute Gasteiger partial charge is 0.185 e. The van der Waals surface area contributed by atoms with Crippen molar-refractivity contribution in [2.45, 2.75) is 38.3 Å². The largest absolute Gasteiger partial charge is 0.497 e. The van der Waals surface area contributed by atoms with Crippen molar-refractivity contribution in [3.8, 4) is 11.5 Å². The molecular weight excluding hydrogens is 562 g/mol. The zero-order chi connectivity index (χ0) is 31.5. The summed E-state index contributed by atoms with van der Waals surface area (Å²) in [6, 6.07) is 26.3. The molecule has 3 aliphatic rings. The summed E-state index contributed by atoms with van der Waals surface area (Å²) in [6.07, 6.45) is 4.80. The summed E-state index contributed by atoms with van der Waals surface area (Å²) in [6.45, 7) is 4.33. The van der Waals surface area contributed by atoms with Crippen molar-refractivity contribution < 1.29 is 23.9 Å². The van der Waals surface area contributed by atoms with E-state index >= 15 is 4.79 Å². The Bertz CT molecular complexity index is 1840. The summed E-state index contributed by atoms with van der Waals surface area (Å²) < 4.78 is 11.5. The molecule has 0 N–H and O–H groups in total. The molecule has 0 amide bonds. The van der Waals surface area contributed by atoms with Gasteiger partial charge in [-0.15, -0.1) is 0 Å². The van der Waals surface area contributed by atoms with Crippen LogP contribution in [0.2, 0.25) is 0 Å². The van der Waals surface area contributed by atoms with Crippen LogP contribution < -0.4 is 14.4 Å². The van der Waals surface area contributed by atoms with Crippen LogP contribution in [-0.2, 0) is 6.42 Å². The lowest BCUT2D eigenvalue weighted by Gasteiger charge is -2.37. The molecule has 226 valence electrons. The predicted octanol–water partition coefficient (Wildman–Crippen LogP) is 7.22. The van der Waals surface area contributed by atoms with E-state index in [1.807, 2.05) is 71.6 Å². The van der Waals surface area contributed by atoms with Gasteiger partial charge in [-0.25, -0.2) is 0 Å². The van der Waals surface area contributed by atoms with E-state index in [9.17, 15) is 9.59 Å². The third-order valence-electron chi connectivity index (χ3n) is 9.64. The average molecular weight is 598 g/mol. The van der Waals surface area contributed by atoms with E-state index in [1.54, 1.807) is 50.6 Å². The van der Waals surface area contributed by atoms with Crippen molar-refractivity contribution in [2.75, 3.05) is 19.1 Å². The van der Waals surface area contributed by atoms with Crippen LogP contribution in [-0.4, -0.2) is 43.7 Å². The van der Waals surface area contributed by atoms with Crippen molar-refractivity contribution >= 4 is 29.1 Å². The highest BCUT2D eigenvalue weighted by Crippen LogP contribution is 2.62. The number of carbonyl (C=O) groups excluding carboxylic acids is 3. The number of ketones is 3. The lowest BCUT2D eigenvalue weighted by molar-refractivity contribution is 0.0664. The Morgan fingerprint density at radius 2 is 1.51 bits per heavy atom. The first-order valence-electron chi connectivity index (χ1n) is 15.4. The number of nitrogens with zero attached hydrogens (tertiary/aromatic N) is 1. The third-order valence-corrected chi connectivity index (χ3v) is 9.64. The maximum absolute atomic E-state index is 15.0. The Kier molecular flexibility index (Phi) is 6.96. The lowest BCUT2D eigenvalue weighted by Crippen LogP contribution is -2.48. The molecule has 7 rings (SSSR count). The van der Waals surface area contributed by atoms with Crippen molar-refractivity contribution in [1.29, 1.82) is 0 Å². The molecule has 0 unspecified atom stereocenters. The monoisotopic (exact) mass is 597 g/mol. The second kappa shape index (κ2) is 10.9. The van der Waals surface area contributed by atoms with Crippen molar-refractivity contribution in [2.24, 2.45) is 11.3 Å². The fraction of sp³-hybridized carbons (Fsp3) is 0.256. The van der Waals surface area contributed by atoms with E-state index in [0.29, 0.717) is 39.7 Å². The van der Waals surface area contributed by atoms with Gasteiger partial charge in [0.1, 0.15) is 23.0 Å². The number of benzene rings is 4. The first-order valence-corrected chi connectivity index (χ1v) is 15.4. The van der Waals surface area contributed by atoms with Crippen molar-refractivity contribution in [1.82, 2.24) is 0 Å². The fourth-order valence-corrected chi connectivity index (χ4v) is 7.79. The van der Waals surface area contributed by atoms with Gasteiger partial charge in [0, 0.05) is 33.9 Å². The van der Waals surface area contributed by atoms with E-state index in [0.717, 1.165) is 23.2 Å². The Labute approximate surface area is 263 Å². The van der Waals surface area contributed by atoms with Gasteiger partial charge in [-0.1, -0.05) is 92.7 Å². The van der Waals surface area contributed by atoms with Crippen LogP contribution in [0.4, 0.5) is 5.69 Å². The Hall–Kier alpha value is -4.97. The third kappa shape index (κ3) is 4.19. The van der Waals surface area contributed by atoms with Gasteiger partial charge in [-0.05, 0) is 47.7 Å². The highest BCUT2D eigenvalue weighted by molar-refractivity contribution is 6.32. The Morgan fingerprint density at radius 1 is 0.844 bits per heavy atom. The number of anilines is 1. The minimum absolute atomic E-state index is 0.162. The second-order valence-electron chi connectivity index (χ2n) is 12.5. The van der Waals surface area contributed by atoms with E-state index in [1.165, 1.54) is 0 Å². The van der Waals surface area contributed by atoms with Gasteiger partial charge in [0.25, 0.3) is 0 Å². The lowest BCUT2D eigenvalue weighted by atomic mass is 9.64. The first kappa shape index (κ1) is 28.8. The van der Waals surface area contributed by atoms with Crippen LogP contribution in [0.5, 0.6) is 11.5 Å². The van der Waals surface area contributed by atoms with E-state index in [4.69, 9.17) is 9.47 Å². The van der Waals surface area contributed by atoms with Crippen molar-refractivity contribution in [3.05, 3.63) is 130 Å². The van der Waals surface area contributed by atoms with Crippen LogP contribution in [0, 0.1) is 11.3 Å². The standard InChI is InChI=1S/C39H35NO5/c1-23(2)21-24-13-15-26(16-14-24)36(41)35-34(30-22-27(44-3)18-19-32(30)45-4)39(37(42)28-10-6-7-11-29(28)38(39)43)33-20-17-25-9-5-8-12-31(25)40(33)35/h5-20,22-23,33-35H,21H2,1-4H3/t33-,34-,35-/m1/s1. The van der Waals surface area contributed by atoms with Gasteiger partial charge in [0.05, 0.1) is 20.3 Å². The quantitative estimate of drug-likeness (QED) is 0.166. The van der Waals surface area contributed by atoms with Gasteiger partial charge < -0.3 is 14.4 Å². The first-order chi connectivity index (χ1) is 21.8. The van der Waals surface area contributed by atoms with Gasteiger partial charge in [-0.3, -0.25) is 14.4 Å². The van der Waals surface area contributed by atoms with E-state index < -0.39 is 23.4 Å².